The van der Waals surface area contributed by atoms with Crippen LogP contribution in [0.4, 0.5) is 17.6 Å². The Morgan fingerprint density at radius 2 is 2.00 bits per heavy atom. The number of benzene rings is 1. The van der Waals surface area contributed by atoms with Crippen molar-refractivity contribution in [3.05, 3.63) is 40.5 Å². The summed E-state index contributed by atoms with van der Waals surface area (Å²) in [6.45, 7) is 0. The standard InChI is InChI=1S/C10H4F4NS/c11-8-3-6(9-4-16-5-15-9)1-2-7(8)10(12,13)14/h1-4H. The molecule has 0 atom stereocenters. The molecule has 2 aromatic rings. The van der Waals surface area contributed by atoms with Crippen molar-refractivity contribution in [1.82, 2.24) is 4.98 Å². The van der Waals surface area contributed by atoms with E-state index in [1.54, 1.807) is 5.38 Å². The number of alkyl halides is 3. The number of nitrogens with zero attached hydrogens (tertiary/aromatic N) is 1. The lowest BCUT2D eigenvalue weighted by atomic mass is 10.1. The number of halogens is 4. The maximum Gasteiger partial charge on any atom is 0.419 e. The van der Waals surface area contributed by atoms with Gasteiger partial charge in [-0.1, -0.05) is 6.07 Å². The lowest BCUT2D eigenvalue weighted by Gasteiger charge is -2.08. The second kappa shape index (κ2) is 3.86. The summed E-state index contributed by atoms with van der Waals surface area (Å²) < 4.78 is 50.0. The van der Waals surface area contributed by atoms with E-state index >= 15 is 0 Å². The third-order valence-electron chi connectivity index (χ3n) is 1.96. The fraction of sp³-hybridized carbons (Fsp3) is 0.100. The van der Waals surface area contributed by atoms with Gasteiger partial charge >= 0.3 is 6.18 Å². The Balaban J connectivity index is 2.45. The van der Waals surface area contributed by atoms with Crippen molar-refractivity contribution in [3.63, 3.8) is 0 Å². The topological polar surface area (TPSA) is 12.9 Å². The van der Waals surface area contributed by atoms with E-state index in [2.05, 4.69) is 10.5 Å². The average Bonchev–Trinajstić information content (AvgIpc) is 2.68. The zero-order chi connectivity index (χ0) is 11.8. The fourth-order valence-electron chi connectivity index (χ4n) is 1.22. The van der Waals surface area contributed by atoms with Gasteiger partial charge in [-0.2, -0.15) is 13.2 Å². The van der Waals surface area contributed by atoms with Crippen LogP contribution >= 0.6 is 11.3 Å². The van der Waals surface area contributed by atoms with Gasteiger partial charge in [-0.3, -0.25) is 0 Å². The predicted molar refractivity (Wildman–Crippen MR) is 51.3 cm³/mol. The van der Waals surface area contributed by atoms with Gasteiger partial charge in [0.15, 0.2) is 5.51 Å². The Labute approximate surface area is 92.4 Å². The second-order valence-corrected chi connectivity index (χ2v) is 3.67. The predicted octanol–water partition coefficient (Wildman–Crippen LogP) is 3.77. The van der Waals surface area contributed by atoms with Crippen molar-refractivity contribution in [1.29, 1.82) is 0 Å². The van der Waals surface area contributed by atoms with Crippen LogP contribution in [0.25, 0.3) is 11.3 Å². The minimum atomic E-state index is -4.67. The number of hydrogen-bond acceptors (Lipinski definition) is 2. The number of hydrogen-bond donors (Lipinski definition) is 0. The van der Waals surface area contributed by atoms with Gasteiger partial charge in [0.25, 0.3) is 0 Å². The molecule has 1 nitrogen and oxygen atoms in total. The molecule has 0 saturated carbocycles. The maximum absolute atomic E-state index is 13.2. The molecule has 0 N–H and O–H groups in total. The van der Waals surface area contributed by atoms with Crippen molar-refractivity contribution in [2.75, 3.05) is 0 Å². The first-order chi connectivity index (χ1) is 7.48. The Kier molecular flexibility index (Phi) is 2.67. The van der Waals surface area contributed by atoms with Crippen LogP contribution in [0.15, 0.2) is 23.6 Å². The van der Waals surface area contributed by atoms with Crippen LogP contribution in [0.1, 0.15) is 5.56 Å². The van der Waals surface area contributed by atoms with E-state index in [4.69, 9.17) is 0 Å². The van der Waals surface area contributed by atoms with Gasteiger partial charge < -0.3 is 0 Å². The fourth-order valence-corrected chi connectivity index (χ4v) is 1.73. The van der Waals surface area contributed by atoms with Gasteiger partial charge in [-0.15, -0.1) is 11.3 Å². The Hall–Kier alpha value is -1.43. The van der Waals surface area contributed by atoms with Crippen LogP contribution in [0.3, 0.4) is 0 Å². The molecule has 0 aliphatic heterocycles. The zero-order valence-corrected chi connectivity index (χ0v) is 8.49. The molecule has 83 valence electrons. The van der Waals surface area contributed by atoms with Gasteiger partial charge in [0.05, 0.1) is 11.3 Å². The van der Waals surface area contributed by atoms with Crippen molar-refractivity contribution in [3.8, 4) is 11.3 Å². The number of rotatable bonds is 1. The minimum Gasteiger partial charge on any atom is -0.233 e. The molecule has 0 bridgehead atoms. The van der Waals surface area contributed by atoms with E-state index in [-0.39, 0.29) is 0 Å². The summed E-state index contributed by atoms with van der Waals surface area (Å²) in [5.74, 6) is -1.29. The largest absolute Gasteiger partial charge is 0.419 e. The highest BCUT2D eigenvalue weighted by Crippen LogP contribution is 2.33. The summed E-state index contributed by atoms with van der Waals surface area (Å²) in [5.41, 5.74) is 1.99. The van der Waals surface area contributed by atoms with Crippen LogP contribution in [0.5, 0.6) is 0 Å². The van der Waals surface area contributed by atoms with Crippen LogP contribution in [-0.2, 0) is 6.18 Å². The maximum atomic E-state index is 13.2. The van der Waals surface area contributed by atoms with E-state index < -0.39 is 17.6 Å². The first kappa shape index (κ1) is 11.1. The highest BCUT2D eigenvalue weighted by atomic mass is 32.1. The van der Waals surface area contributed by atoms with Crippen molar-refractivity contribution >= 4 is 11.3 Å². The number of thiazole rings is 1. The van der Waals surface area contributed by atoms with Gasteiger partial charge in [0, 0.05) is 10.9 Å². The normalized spacial score (nSPS) is 11.8. The molecule has 0 aliphatic rings. The Morgan fingerprint density at radius 3 is 2.50 bits per heavy atom. The van der Waals surface area contributed by atoms with E-state index in [1.807, 2.05) is 0 Å². The lowest BCUT2D eigenvalue weighted by Crippen LogP contribution is -2.07. The van der Waals surface area contributed by atoms with Gasteiger partial charge in [-0.25, -0.2) is 9.37 Å². The molecule has 0 amide bonds. The molecule has 1 aromatic carbocycles. The molecule has 0 aliphatic carbocycles. The molecule has 0 fully saturated rings. The van der Waals surface area contributed by atoms with Gasteiger partial charge in [0.2, 0.25) is 0 Å². The third-order valence-corrected chi connectivity index (χ3v) is 2.50. The molecule has 1 aromatic heterocycles. The summed E-state index contributed by atoms with van der Waals surface area (Å²) in [5, 5.41) is 1.59. The van der Waals surface area contributed by atoms with Crippen LogP contribution in [-0.4, -0.2) is 4.98 Å². The van der Waals surface area contributed by atoms with E-state index in [0.29, 0.717) is 17.3 Å². The quantitative estimate of drug-likeness (QED) is 0.698. The summed E-state index contributed by atoms with van der Waals surface area (Å²) in [6.07, 6.45) is -4.67. The monoisotopic (exact) mass is 246 g/mol. The van der Waals surface area contributed by atoms with Crippen LogP contribution in [0, 0.1) is 11.3 Å². The Morgan fingerprint density at radius 1 is 1.25 bits per heavy atom. The highest BCUT2D eigenvalue weighted by Gasteiger charge is 2.33. The summed E-state index contributed by atoms with van der Waals surface area (Å²) >= 11 is 1.17. The smallest absolute Gasteiger partial charge is 0.233 e. The molecule has 2 rings (SSSR count). The third kappa shape index (κ3) is 2.06. The van der Waals surface area contributed by atoms with Crippen LogP contribution < -0.4 is 0 Å². The summed E-state index contributed by atoms with van der Waals surface area (Å²) in [4.78, 5) is 3.77. The van der Waals surface area contributed by atoms with E-state index in [1.165, 1.54) is 17.4 Å². The molecule has 0 unspecified atom stereocenters. The minimum absolute atomic E-state index is 0.308. The number of aromatic nitrogens is 1. The zero-order valence-electron chi connectivity index (χ0n) is 7.68. The van der Waals surface area contributed by atoms with E-state index in [9.17, 15) is 17.6 Å². The van der Waals surface area contributed by atoms with Crippen LogP contribution in [0.2, 0.25) is 0 Å². The van der Waals surface area contributed by atoms with Crippen molar-refractivity contribution in [2.45, 2.75) is 6.18 Å². The molecule has 1 heterocycles. The van der Waals surface area contributed by atoms with Crippen molar-refractivity contribution < 1.29 is 17.6 Å². The van der Waals surface area contributed by atoms with Gasteiger partial charge in [0.1, 0.15) is 5.82 Å². The molecule has 0 saturated heterocycles. The van der Waals surface area contributed by atoms with Gasteiger partial charge in [-0.05, 0) is 12.1 Å². The second-order valence-electron chi connectivity index (χ2n) is 3.02. The first-order valence-electron chi connectivity index (χ1n) is 4.17. The Bertz CT molecular complexity index is 490. The summed E-state index contributed by atoms with van der Waals surface area (Å²) in [6, 6.07) is 2.73. The molecular weight excluding hydrogens is 242 g/mol. The molecular formula is C10H4F4NS. The lowest BCUT2D eigenvalue weighted by molar-refractivity contribution is -0.139. The van der Waals surface area contributed by atoms with Crippen molar-refractivity contribution in [2.24, 2.45) is 0 Å². The highest BCUT2D eigenvalue weighted by molar-refractivity contribution is 7.07. The molecule has 1 radical (unpaired) electrons. The molecule has 16 heavy (non-hydrogen) atoms. The molecule has 0 spiro atoms. The average molecular weight is 246 g/mol. The van der Waals surface area contributed by atoms with E-state index in [0.717, 1.165) is 6.07 Å². The SMILES string of the molecule is Fc1cc(-c2cs[c]n2)ccc1C(F)(F)F. The summed E-state index contributed by atoms with van der Waals surface area (Å²) in [7, 11) is 0. The first-order valence-corrected chi connectivity index (χ1v) is 5.05. The molecule has 6 heteroatoms.